The predicted octanol–water partition coefficient (Wildman–Crippen LogP) is 13.4. The van der Waals surface area contributed by atoms with Crippen molar-refractivity contribution in [1.82, 2.24) is 4.57 Å². The first-order valence-corrected chi connectivity index (χ1v) is 19.4. The molecule has 0 saturated heterocycles. The summed E-state index contributed by atoms with van der Waals surface area (Å²) in [5.74, 6) is 0. The Balaban J connectivity index is 1.18. The van der Waals surface area contributed by atoms with Gasteiger partial charge in [-0.25, -0.2) is 0 Å². The van der Waals surface area contributed by atoms with E-state index in [0.29, 0.717) is 0 Å². The number of hydrogen-bond donors (Lipinski definition) is 0. The SMILES string of the molecule is c1ccc(-c2ccc3c(c2)Sc2ccccc2C32c3ccccc3Sc3c(-c4ccc5c(c4)c4ccccc4n5-c4ccccc4)cccc32)cc1. The Hall–Kier alpha value is -5.74. The standard InChI is InChI=1S/C49H31NS2/c1-3-14-32(15-4-1)33-26-28-41-47(31-33)51-45-24-11-8-20-39(45)49(41)40-21-9-12-25-46(40)52-48-36(19-13-22-42(48)49)34-27-29-44-38(30-34)37-18-7-10-23-43(37)50(44)35-16-5-2-6-17-35/h1-31H. The van der Waals surface area contributed by atoms with Gasteiger partial charge in [-0.1, -0.05) is 163 Å². The number of fused-ring (bicyclic) bond motifs is 11. The summed E-state index contributed by atoms with van der Waals surface area (Å²) in [7, 11) is 0. The molecule has 3 heteroatoms. The van der Waals surface area contributed by atoms with Gasteiger partial charge in [-0.2, -0.15) is 0 Å². The first kappa shape index (κ1) is 29.9. The van der Waals surface area contributed by atoms with Crippen molar-refractivity contribution in [2.24, 2.45) is 0 Å². The minimum Gasteiger partial charge on any atom is -0.309 e. The molecule has 52 heavy (non-hydrogen) atoms. The molecule has 0 N–H and O–H groups in total. The van der Waals surface area contributed by atoms with Gasteiger partial charge in [0.2, 0.25) is 0 Å². The van der Waals surface area contributed by atoms with Crippen LogP contribution in [0.15, 0.2) is 208 Å². The highest BCUT2D eigenvalue weighted by Gasteiger charge is 2.49. The van der Waals surface area contributed by atoms with Gasteiger partial charge in [0.15, 0.2) is 0 Å². The van der Waals surface area contributed by atoms with Gasteiger partial charge in [-0.15, -0.1) is 0 Å². The van der Waals surface area contributed by atoms with Crippen LogP contribution in [0, 0.1) is 0 Å². The zero-order valence-electron chi connectivity index (χ0n) is 28.2. The van der Waals surface area contributed by atoms with E-state index in [9.17, 15) is 0 Å². The summed E-state index contributed by atoms with van der Waals surface area (Å²) in [4.78, 5) is 5.26. The van der Waals surface area contributed by atoms with Crippen molar-refractivity contribution >= 4 is 45.3 Å². The largest absolute Gasteiger partial charge is 0.309 e. The third-order valence-corrected chi connectivity index (χ3v) is 13.3. The van der Waals surface area contributed by atoms with Crippen LogP contribution in [0.4, 0.5) is 0 Å². The fourth-order valence-corrected chi connectivity index (χ4v) is 11.3. The molecule has 9 aromatic rings. The third kappa shape index (κ3) is 4.27. The highest BCUT2D eigenvalue weighted by atomic mass is 32.2. The molecule has 0 bridgehead atoms. The lowest BCUT2D eigenvalue weighted by atomic mass is 9.64. The molecule has 1 nitrogen and oxygen atoms in total. The zero-order valence-corrected chi connectivity index (χ0v) is 29.8. The van der Waals surface area contributed by atoms with E-state index in [4.69, 9.17) is 0 Å². The second-order valence-corrected chi connectivity index (χ2v) is 15.8. The molecule has 2 aliphatic heterocycles. The number of benzene rings is 8. The Morgan fingerprint density at radius 1 is 0.365 bits per heavy atom. The van der Waals surface area contributed by atoms with Gasteiger partial charge in [-0.3, -0.25) is 0 Å². The molecular formula is C49H31NS2. The zero-order chi connectivity index (χ0) is 34.2. The first-order chi connectivity index (χ1) is 25.8. The van der Waals surface area contributed by atoms with Gasteiger partial charge in [0.1, 0.15) is 0 Å². The molecule has 2 aliphatic rings. The summed E-state index contributed by atoms with van der Waals surface area (Å²) in [6, 6.07) is 69.7. The van der Waals surface area contributed by atoms with Gasteiger partial charge in [0, 0.05) is 36.0 Å². The summed E-state index contributed by atoms with van der Waals surface area (Å²) in [5, 5.41) is 2.53. The maximum absolute atomic E-state index is 2.42. The smallest absolute Gasteiger partial charge is 0.0745 e. The highest BCUT2D eigenvalue weighted by molar-refractivity contribution is 8.00. The number of aromatic nitrogens is 1. The monoisotopic (exact) mass is 697 g/mol. The van der Waals surface area contributed by atoms with Gasteiger partial charge in [0.25, 0.3) is 0 Å². The molecule has 0 aliphatic carbocycles. The van der Waals surface area contributed by atoms with Crippen molar-refractivity contribution < 1.29 is 0 Å². The minimum atomic E-state index is -0.465. The van der Waals surface area contributed by atoms with Crippen LogP contribution in [0.3, 0.4) is 0 Å². The number of rotatable bonds is 3. The Morgan fingerprint density at radius 3 is 1.79 bits per heavy atom. The second kappa shape index (κ2) is 11.6. The highest BCUT2D eigenvalue weighted by Crippen LogP contribution is 2.63. The van der Waals surface area contributed by atoms with Crippen molar-refractivity contribution in [1.29, 1.82) is 0 Å². The maximum Gasteiger partial charge on any atom is 0.0745 e. The van der Waals surface area contributed by atoms with Crippen LogP contribution in [0.1, 0.15) is 22.3 Å². The molecule has 1 spiro atoms. The van der Waals surface area contributed by atoms with E-state index >= 15 is 0 Å². The molecule has 3 heterocycles. The summed E-state index contributed by atoms with van der Waals surface area (Å²) in [6.07, 6.45) is 0. The van der Waals surface area contributed by atoms with Crippen molar-refractivity contribution in [2.75, 3.05) is 0 Å². The summed E-state index contributed by atoms with van der Waals surface area (Å²) in [6.45, 7) is 0. The van der Waals surface area contributed by atoms with Gasteiger partial charge in [-0.05, 0) is 93.0 Å². The van der Waals surface area contributed by atoms with Crippen LogP contribution in [0.5, 0.6) is 0 Å². The van der Waals surface area contributed by atoms with E-state index in [1.54, 1.807) is 0 Å². The van der Waals surface area contributed by atoms with Crippen LogP contribution in [-0.4, -0.2) is 4.57 Å². The van der Waals surface area contributed by atoms with Gasteiger partial charge in [0.05, 0.1) is 16.4 Å². The average molecular weight is 698 g/mol. The summed E-state index contributed by atoms with van der Waals surface area (Å²) in [5.41, 5.74) is 13.6. The molecule has 0 amide bonds. The fourth-order valence-electron chi connectivity index (χ4n) is 8.72. The molecule has 1 unspecified atom stereocenters. The molecule has 0 fully saturated rings. The molecule has 0 radical (unpaired) electrons. The number of hydrogen-bond acceptors (Lipinski definition) is 2. The molecule has 8 aromatic carbocycles. The lowest BCUT2D eigenvalue weighted by Crippen LogP contribution is -2.36. The van der Waals surface area contributed by atoms with E-state index in [1.807, 2.05) is 23.5 Å². The number of nitrogens with zero attached hydrogens (tertiary/aromatic N) is 1. The van der Waals surface area contributed by atoms with E-state index in [2.05, 4.69) is 193 Å². The van der Waals surface area contributed by atoms with Crippen LogP contribution in [0.2, 0.25) is 0 Å². The lowest BCUT2D eigenvalue weighted by molar-refractivity contribution is 0.668. The maximum atomic E-state index is 2.42. The molecular weight excluding hydrogens is 667 g/mol. The van der Waals surface area contributed by atoms with Crippen molar-refractivity contribution in [2.45, 2.75) is 25.0 Å². The Kier molecular flexibility index (Phi) is 6.70. The van der Waals surface area contributed by atoms with Crippen LogP contribution in [0.25, 0.3) is 49.7 Å². The van der Waals surface area contributed by atoms with Crippen molar-refractivity contribution in [3.63, 3.8) is 0 Å². The lowest BCUT2D eigenvalue weighted by Gasteiger charge is -2.46. The fraction of sp³-hybridized carbons (Fsp3) is 0.0204. The van der Waals surface area contributed by atoms with E-state index < -0.39 is 5.41 Å². The minimum absolute atomic E-state index is 0.465. The van der Waals surface area contributed by atoms with Crippen LogP contribution in [-0.2, 0) is 5.41 Å². The molecule has 11 rings (SSSR count). The summed E-state index contributed by atoms with van der Waals surface area (Å²) < 4.78 is 2.39. The molecule has 1 atom stereocenters. The topological polar surface area (TPSA) is 4.93 Å². The average Bonchev–Trinajstić information content (AvgIpc) is 3.55. The third-order valence-electron chi connectivity index (χ3n) is 10.9. The van der Waals surface area contributed by atoms with Gasteiger partial charge < -0.3 is 4.57 Å². The van der Waals surface area contributed by atoms with Crippen LogP contribution < -0.4 is 0 Å². The molecule has 0 saturated carbocycles. The van der Waals surface area contributed by atoms with Crippen molar-refractivity contribution in [3.8, 4) is 27.9 Å². The Labute approximate surface area is 311 Å². The Bertz CT molecular complexity index is 2840. The van der Waals surface area contributed by atoms with Gasteiger partial charge >= 0.3 is 0 Å². The Morgan fingerprint density at radius 2 is 0.981 bits per heavy atom. The van der Waals surface area contributed by atoms with Crippen molar-refractivity contribution in [3.05, 3.63) is 210 Å². The van der Waals surface area contributed by atoms with Crippen LogP contribution >= 0.6 is 23.5 Å². The van der Waals surface area contributed by atoms with E-state index in [-0.39, 0.29) is 0 Å². The number of para-hydroxylation sites is 2. The molecule has 244 valence electrons. The molecule has 1 aromatic heterocycles. The predicted molar refractivity (Wildman–Crippen MR) is 218 cm³/mol. The quantitative estimate of drug-likeness (QED) is 0.181. The second-order valence-electron chi connectivity index (χ2n) is 13.6. The van der Waals surface area contributed by atoms with E-state index in [0.717, 1.165) is 0 Å². The first-order valence-electron chi connectivity index (χ1n) is 17.8. The normalized spacial score (nSPS) is 15.6. The summed E-state index contributed by atoms with van der Waals surface area (Å²) >= 11 is 3.82. The van der Waals surface area contributed by atoms with E-state index in [1.165, 1.54) is 91.6 Å².